The summed E-state index contributed by atoms with van der Waals surface area (Å²) in [7, 11) is 0. The molecule has 0 aliphatic carbocycles. The lowest BCUT2D eigenvalue weighted by molar-refractivity contribution is -0.123. The predicted molar refractivity (Wildman–Crippen MR) is 78.9 cm³/mol. The number of rotatable bonds is 4. The van der Waals surface area contributed by atoms with Crippen LogP contribution in [0.5, 0.6) is 0 Å². The molecule has 1 unspecified atom stereocenters. The Balaban J connectivity index is 1.93. The maximum Gasteiger partial charge on any atom is 0.339 e. The largest absolute Gasteiger partial charge is 0.449 e. The number of pyridine rings is 1. The van der Waals surface area contributed by atoms with E-state index in [0.29, 0.717) is 11.3 Å². The summed E-state index contributed by atoms with van der Waals surface area (Å²) in [5, 5.41) is 2.70. The number of benzene rings is 1. The molecule has 2 rings (SSSR count). The average Bonchev–Trinajstić information content (AvgIpc) is 2.50. The number of amides is 1. The Bertz CT molecular complexity index is 624. The zero-order valence-electron chi connectivity index (χ0n) is 11.9. The van der Waals surface area contributed by atoms with Gasteiger partial charge in [-0.3, -0.25) is 9.78 Å². The van der Waals surface area contributed by atoms with Gasteiger partial charge in [-0.25, -0.2) is 4.79 Å². The van der Waals surface area contributed by atoms with E-state index in [4.69, 9.17) is 4.74 Å². The summed E-state index contributed by atoms with van der Waals surface area (Å²) in [6, 6.07) is 10.4. The molecule has 0 aliphatic rings. The lowest BCUT2D eigenvalue weighted by Gasteiger charge is -2.13. The lowest BCUT2D eigenvalue weighted by Crippen LogP contribution is -2.30. The molecule has 0 aliphatic heterocycles. The summed E-state index contributed by atoms with van der Waals surface area (Å²) in [5.41, 5.74) is 2.13. The number of nitrogens with zero attached hydrogens (tertiary/aromatic N) is 1. The maximum atomic E-state index is 12.0. The van der Waals surface area contributed by atoms with Crippen LogP contribution in [0.3, 0.4) is 0 Å². The second-order valence-corrected chi connectivity index (χ2v) is 4.64. The number of esters is 1. The molecule has 0 saturated heterocycles. The molecule has 2 aromatic rings. The molecule has 0 spiro atoms. The third-order valence-corrected chi connectivity index (χ3v) is 2.89. The monoisotopic (exact) mass is 284 g/mol. The first-order valence-electron chi connectivity index (χ1n) is 6.55. The van der Waals surface area contributed by atoms with Crippen LogP contribution < -0.4 is 5.32 Å². The van der Waals surface area contributed by atoms with E-state index in [1.807, 2.05) is 19.1 Å². The second kappa shape index (κ2) is 6.65. The Morgan fingerprint density at radius 3 is 2.33 bits per heavy atom. The molecular formula is C16H16N2O3. The van der Waals surface area contributed by atoms with Crippen LogP contribution in [0.15, 0.2) is 48.8 Å². The van der Waals surface area contributed by atoms with Crippen molar-refractivity contribution < 1.29 is 14.3 Å². The van der Waals surface area contributed by atoms with Crippen molar-refractivity contribution in [3.8, 4) is 0 Å². The van der Waals surface area contributed by atoms with Crippen molar-refractivity contribution in [1.82, 2.24) is 4.98 Å². The van der Waals surface area contributed by atoms with Gasteiger partial charge in [0.25, 0.3) is 5.91 Å². The van der Waals surface area contributed by atoms with Gasteiger partial charge in [0.05, 0.1) is 5.56 Å². The average molecular weight is 284 g/mol. The minimum Gasteiger partial charge on any atom is -0.449 e. The predicted octanol–water partition coefficient (Wildman–Crippen LogP) is 2.57. The number of nitrogens with one attached hydrogen (secondary N) is 1. The van der Waals surface area contributed by atoms with Crippen LogP contribution in [-0.2, 0) is 9.53 Å². The molecule has 1 atom stereocenters. The highest BCUT2D eigenvalue weighted by Crippen LogP contribution is 2.10. The molecule has 1 N–H and O–H groups in total. The first-order chi connectivity index (χ1) is 10.1. The molecule has 5 heteroatoms. The van der Waals surface area contributed by atoms with Crippen molar-refractivity contribution in [3.63, 3.8) is 0 Å². The van der Waals surface area contributed by atoms with E-state index < -0.39 is 12.1 Å². The normalized spacial score (nSPS) is 11.5. The summed E-state index contributed by atoms with van der Waals surface area (Å²) < 4.78 is 5.12. The molecular weight excluding hydrogens is 268 g/mol. The van der Waals surface area contributed by atoms with Crippen LogP contribution in [0, 0.1) is 6.92 Å². The highest BCUT2D eigenvalue weighted by molar-refractivity contribution is 5.97. The molecule has 1 aromatic heterocycles. The molecule has 0 fully saturated rings. The van der Waals surface area contributed by atoms with Gasteiger partial charge in [-0.2, -0.15) is 0 Å². The van der Waals surface area contributed by atoms with Crippen molar-refractivity contribution in [3.05, 3.63) is 59.9 Å². The molecule has 1 amide bonds. The van der Waals surface area contributed by atoms with E-state index >= 15 is 0 Å². The summed E-state index contributed by atoms with van der Waals surface area (Å²) >= 11 is 0. The molecule has 1 aromatic carbocycles. The van der Waals surface area contributed by atoms with Crippen LogP contribution in [0.4, 0.5) is 5.69 Å². The minimum absolute atomic E-state index is 0.361. The van der Waals surface area contributed by atoms with Gasteiger partial charge in [0.15, 0.2) is 6.10 Å². The lowest BCUT2D eigenvalue weighted by atomic mass is 10.2. The van der Waals surface area contributed by atoms with Gasteiger partial charge < -0.3 is 10.1 Å². The van der Waals surface area contributed by atoms with Crippen molar-refractivity contribution in [2.24, 2.45) is 0 Å². The van der Waals surface area contributed by atoms with Crippen molar-refractivity contribution in [2.45, 2.75) is 20.0 Å². The van der Waals surface area contributed by atoms with E-state index in [-0.39, 0.29) is 5.91 Å². The Morgan fingerprint density at radius 1 is 1.10 bits per heavy atom. The standard InChI is InChI=1S/C16H16N2O3/c1-11-3-5-14(6-4-11)18-15(19)12(2)21-16(20)13-7-9-17-10-8-13/h3-10,12H,1-2H3,(H,18,19). The minimum atomic E-state index is -0.882. The number of aryl methyl sites for hydroxylation is 1. The van der Waals surface area contributed by atoms with Crippen LogP contribution in [-0.4, -0.2) is 23.0 Å². The number of hydrogen-bond donors (Lipinski definition) is 1. The van der Waals surface area contributed by atoms with E-state index in [1.165, 1.54) is 31.5 Å². The Kier molecular flexibility index (Phi) is 4.66. The van der Waals surface area contributed by atoms with Gasteiger partial charge >= 0.3 is 5.97 Å². The molecule has 0 saturated carbocycles. The van der Waals surface area contributed by atoms with Gasteiger partial charge in [0.1, 0.15) is 0 Å². The zero-order valence-corrected chi connectivity index (χ0v) is 11.9. The van der Waals surface area contributed by atoms with Crippen molar-refractivity contribution in [2.75, 3.05) is 5.32 Å². The molecule has 0 bridgehead atoms. The molecule has 0 radical (unpaired) electrons. The van der Waals surface area contributed by atoms with Crippen molar-refractivity contribution >= 4 is 17.6 Å². The van der Waals surface area contributed by atoms with Crippen molar-refractivity contribution in [1.29, 1.82) is 0 Å². The SMILES string of the molecule is Cc1ccc(NC(=O)C(C)OC(=O)c2ccncc2)cc1. The van der Waals surface area contributed by atoms with E-state index in [2.05, 4.69) is 10.3 Å². The van der Waals surface area contributed by atoms with Crippen LogP contribution in [0.1, 0.15) is 22.8 Å². The highest BCUT2D eigenvalue weighted by atomic mass is 16.5. The topological polar surface area (TPSA) is 68.3 Å². The van der Waals surface area contributed by atoms with E-state index in [1.54, 1.807) is 12.1 Å². The maximum absolute atomic E-state index is 12.0. The third-order valence-electron chi connectivity index (χ3n) is 2.89. The number of hydrogen-bond acceptors (Lipinski definition) is 4. The first-order valence-corrected chi connectivity index (χ1v) is 6.55. The number of carbonyl (C=O) groups is 2. The Labute approximate surface area is 123 Å². The van der Waals surface area contributed by atoms with Gasteiger partial charge in [-0.15, -0.1) is 0 Å². The van der Waals surface area contributed by atoms with Crippen LogP contribution >= 0.6 is 0 Å². The molecule has 21 heavy (non-hydrogen) atoms. The Morgan fingerprint density at radius 2 is 1.71 bits per heavy atom. The molecule has 1 heterocycles. The summed E-state index contributed by atoms with van der Waals surface area (Å²) in [4.78, 5) is 27.6. The van der Waals surface area contributed by atoms with Crippen LogP contribution in [0.2, 0.25) is 0 Å². The first kappa shape index (κ1) is 14.7. The van der Waals surface area contributed by atoms with Gasteiger partial charge in [0, 0.05) is 18.1 Å². The summed E-state index contributed by atoms with van der Waals surface area (Å²) in [5.74, 6) is -0.926. The summed E-state index contributed by atoms with van der Waals surface area (Å²) in [6.45, 7) is 3.49. The van der Waals surface area contributed by atoms with Crippen LogP contribution in [0.25, 0.3) is 0 Å². The number of aromatic nitrogens is 1. The fraction of sp³-hybridized carbons (Fsp3) is 0.188. The quantitative estimate of drug-likeness (QED) is 0.876. The fourth-order valence-corrected chi connectivity index (χ4v) is 1.65. The number of anilines is 1. The third kappa shape index (κ3) is 4.14. The van der Waals surface area contributed by atoms with Gasteiger partial charge in [0.2, 0.25) is 0 Å². The second-order valence-electron chi connectivity index (χ2n) is 4.64. The van der Waals surface area contributed by atoms with E-state index in [0.717, 1.165) is 5.56 Å². The number of carbonyl (C=O) groups excluding carboxylic acids is 2. The molecule has 5 nitrogen and oxygen atoms in total. The molecule has 108 valence electrons. The summed E-state index contributed by atoms with van der Waals surface area (Å²) in [6.07, 6.45) is 2.10. The van der Waals surface area contributed by atoms with E-state index in [9.17, 15) is 9.59 Å². The number of ether oxygens (including phenoxy) is 1. The zero-order chi connectivity index (χ0) is 15.2. The smallest absolute Gasteiger partial charge is 0.339 e. The Hall–Kier alpha value is -2.69. The highest BCUT2D eigenvalue weighted by Gasteiger charge is 2.18. The fourth-order valence-electron chi connectivity index (χ4n) is 1.65. The van der Waals surface area contributed by atoms with Gasteiger partial charge in [-0.05, 0) is 38.1 Å². The van der Waals surface area contributed by atoms with Gasteiger partial charge in [-0.1, -0.05) is 17.7 Å².